The minimum atomic E-state index is -3.59. The number of rotatable bonds is 7. The molecule has 0 unspecified atom stereocenters. The Labute approximate surface area is 192 Å². The lowest BCUT2D eigenvalue weighted by atomic mass is 10.1. The van der Waals surface area contributed by atoms with Gasteiger partial charge in [-0.15, -0.1) is 10.2 Å². The quantitative estimate of drug-likeness (QED) is 0.581. The molecule has 176 valence electrons. The van der Waals surface area contributed by atoms with E-state index in [1.54, 1.807) is 13.8 Å². The van der Waals surface area contributed by atoms with Gasteiger partial charge in [0.2, 0.25) is 0 Å². The molecule has 2 aliphatic heterocycles. The zero-order chi connectivity index (χ0) is 22.7. The van der Waals surface area contributed by atoms with E-state index in [-0.39, 0.29) is 17.9 Å². The molecule has 2 fully saturated rings. The predicted molar refractivity (Wildman–Crippen MR) is 116 cm³/mol. The highest BCUT2D eigenvalue weighted by molar-refractivity contribution is 7.91. The average Bonchev–Trinajstić information content (AvgIpc) is 3.22. The van der Waals surface area contributed by atoms with E-state index in [4.69, 9.17) is 25.8 Å². The fourth-order valence-electron chi connectivity index (χ4n) is 4.02. The molecule has 10 nitrogen and oxygen atoms in total. The van der Waals surface area contributed by atoms with Crippen molar-refractivity contribution in [3.63, 3.8) is 0 Å². The fourth-order valence-corrected chi connectivity index (χ4v) is 5.68. The molecular weight excluding hydrogens is 458 g/mol. The third-order valence-electron chi connectivity index (χ3n) is 6.10. The van der Waals surface area contributed by atoms with Gasteiger partial charge in [-0.2, -0.15) is 0 Å². The Balaban J connectivity index is 1.60. The number of sulfone groups is 1. The number of aromatic nitrogens is 5. The lowest BCUT2D eigenvalue weighted by Crippen LogP contribution is -2.31. The molecule has 12 heteroatoms. The Morgan fingerprint density at radius 3 is 2.47 bits per heavy atom. The second kappa shape index (κ2) is 10.1. The smallest absolute Gasteiger partial charge is 0.164 e. The molecule has 0 bridgehead atoms. The highest BCUT2D eigenvalue weighted by Crippen LogP contribution is 2.31. The van der Waals surface area contributed by atoms with Gasteiger partial charge in [0.05, 0.1) is 30.1 Å². The minimum absolute atomic E-state index is 0.0526. The van der Waals surface area contributed by atoms with Crippen LogP contribution in [-0.2, 0) is 29.8 Å². The zero-order valence-electron chi connectivity index (χ0n) is 18.2. The summed E-state index contributed by atoms with van der Waals surface area (Å²) in [4.78, 5) is 8.38. The second-order valence-corrected chi connectivity index (χ2v) is 11.0. The van der Waals surface area contributed by atoms with Crippen LogP contribution in [0.5, 0.6) is 0 Å². The van der Waals surface area contributed by atoms with Gasteiger partial charge in [-0.25, -0.2) is 18.4 Å². The molecule has 2 saturated heterocycles. The van der Waals surface area contributed by atoms with Crippen LogP contribution in [0.2, 0.25) is 5.02 Å². The van der Waals surface area contributed by atoms with Crippen molar-refractivity contribution in [2.24, 2.45) is 0 Å². The molecule has 0 amide bonds. The van der Waals surface area contributed by atoms with Crippen LogP contribution in [0.25, 0.3) is 0 Å². The van der Waals surface area contributed by atoms with E-state index in [9.17, 15) is 8.42 Å². The number of hydrogen-bond acceptors (Lipinski definition) is 9. The Kier molecular flexibility index (Phi) is 7.40. The predicted octanol–water partition coefficient (Wildman–Crippen LogP) is 2.27. The number of ether oxygens (including phenoxy) is 3. The summed E-state index contributed by atoms with van der Waals surface area (Å²) >= 11 is 5.86. The van der Waals surface area contributed by atoms with E-state index in [1.165, 1.54) is 12.4 Å². The van der Waals surface area contributed by atoms with Crippen LogP contribution >= 0.6 is 11.6 Å². The van der Waals surface area contributed by atoms with Crippen molar-refractivity contribution >= 4 is 21.4 Å². The second-order valence-electron chi connectivity index (χ2n) is 8.18. The molecule has 2 aliphatic rings. The first-order chi connectivity index (χ1) is 15.4. The van der Waals surface area contributed by atoms with E-state index in [0.29, 0.717) is 55.5 Å². The number of nitrogens with zero attached hydrogens (tertiary/aromatic N) is 5. The SMILES string of the molecule is C[C@H](c1ncc(Cl)cn1)[C@H](C)S(=O)(=O)Cc1nnc([C@H]2COCCO2)n1C1CCOCC1. The molecule has 2 aromatic heterocycles. The topological polar surface area (TPSA) is 118 Å². The van der Waals surface area contributed by atoms with Crippen molar-refractivity contribution in [1.82, 2.24) is 24.7 Å². The van der Waals surface area contributed by atoms with E-state index < -0.39 is 21.0 Å². The minimum Gasteiger partial charge on any atom is -0.381 e. The van der Waals surface area contributed by atoms with Crippen molar-refractivity contribution in [1.29, 1.82) is 0 Å². The molecule has 3 atom stereocenters. The van der Waals surface area contributed by atoms with Crippen LogP contribution in [0.1, 0.15) is 62.2 Å². The summed E-state index contributed by atoms with van der Waals surface area (Å²) in [6.45, 7) is 6.06. The summed E-state index contributed by atoms with van der Waals surface area (Å²) in [5.41, 5.74) is 0. The van der Waals surface area contributed by atoms with Gasteiger partial charge in [-0.05, 0) is 19.8 Å². The molecule has 2 aromatic rings. The number of hydrogen-bond donors (Lipinski definition) is 0. The van der Waals surface area contributed by atoms with Crippen molar-refractivity contribution in [3.8, 4) is 0 Å². The standard InChI is InChI=1S/C20H28ClN5O5S/c1-13(19-22-9-15(21)10-23-19)14(2)32(27,28)12-18-24-25-20(17-11-30-7-8-31-17)26(18)16-3-5-29-6-4-16/h9-10,13-14,16-17H,3-8,11-12H2,1-2H3/t13-,14-,17+/m0/s1. The Morgan fingerprint density at radius 2 is 1.81 bits per heavy atom. The van der Waals surface area contributed by atoms with Crippen LogP contribution < -0.4 is 0 Å². The molecule has 0 aromatic carbocycles. The Morgan fingerprint density at radius 1 is 1.09 bits per heavy atom. The largest absolute Gasteiger partial charge is 0.381 e. The molecule has 0 radical (unpaired) electrons. The lowest BCUT2D eigenvalue weighted by molar-refractivity contribution is -0.0957. The first-order valence-corrected chi connectivity index (χ1v) is 12.9. The van der Waals surface area contributed by atoms with Gasteiger partial charge in [-0.1, -0.05) is 18.5 Å². The monoisotopic (exact) mass is 485 g/mol. The van der Waals surface area contributed by atoms with Crippen LogP contribution in [0, 0.1) is 0 Å². The Hall–Kier alpha value is -1.66. The molecule has 0 spiro atoms. The van der Waals surface area contributed by atoms with E-state index in [2.05, 4.69) is 20.2 Å². The van der Waals surface area contributed by atoms with Gasteiger partial charge in [-0.3, -0.25) is 0 Å². The molecule has 4 heterocycles. The van der Waals surface area contributed by atoms with Crippen molar-refractivity contribution in [3.05, 3.63) is 34.9 Å². The first-order valence-electron chi connectivity index (χ1n) is 10.8. The summed E-state index contributed by atoms with van der Waals surface area (Å²) in [7, 11) is -3.59. The fraction of sp³-hybridized carbons (Fsp3) is 0.700. The van der Waals surface area contributed by atoms with Crippen molar-refractivity contribution < 1.29 is 22.6 Å². The van der Waals surface area contributed by atoms with Gasteiger partial charge >= 0.3 is 0 Å². The molecule has 0 saturated carbocycles. The molecule has 0 aliphatic carbocycles. The lowest BCUT2D eigenvalue weighted by Gasteiger charge is -2.29. The van der Waals surface area contributed by atoms with Crippen LogP contribution in [0.3, 0.4) is 0 Å². The van der Waals surface area contributed by atoms with Gasteiger partial charge in [0, 0.05) is 37.6 Å². The van der Waals surface area contributed by atoms with Crippen LogP contribution in [0.15, 0.2) is 12.4 Å². The summed E-state index contributed by atoms with van der Waals surface area (Å²) < 4.78 is 45.5. The maximum absolute atomic E-state index is 13.4. The third-order valence-corrected chi connectivity index (χ3v) is 8.50. The number of halogens is 1. The van der Waals surface area contributed by atoms with Gasteiger partial charge in [0.15, 0.2) is 15.7 Å². The molecular formula is C20H28ClN5O5S. The van der Waals surface area contributed by atoms with Crippen molar-refractivity contribution in [2.45, 2.75) is 55.8 Å². The van der Waals surface area contributed by atoms with Gasteiger partial charge in [0.1, 0.15) is 23.5 Å². The van der Waals surface area contributed by atoms with Gasteiger partial charge < -0.3 is 18.8 Å². The molecule has 32 heavy (non-hydrogen) atoms. The normalized spacial score (nSPS) is 22.5. The van der Waals surface area contributed by atoms with Crippen molar-refractivity contribution in [2.75, 3.05) is 33.0 Å². The summed E-state index contributed by atoms with van der Waals surface area (Å²) in [6, 6.07) is 0.0526. The highest BCUT2D eigenvalue weighted by Gasteiger charge is 2.34. The highest BCUT2D eigenvalue weighted by atomic mass is 35.5. The maximum atomic E-state index is 13.4. The zero-order valence-corrected chi connectivity index (χ0v) is 19.8. The Bertz CT molecular complexity index is 1000. The van der Waals surface area contributed by atoms with E-state index >= 15 is 0 Å². The maximum Gasteiger partial charge on any atom is 0.164 e. The summed E-state index contributed by atoms with van der Waals surface area (Å²) in [5.74, 6) is 0.820. The van der Waals surface area contributed by atoms with Gasteiger partial charge in [0.25, 0.3) is 0 Å². The van der Waals surface area contributed by atoms with Crippen LogP contribution in [-0.4, -0.2) is 71.4 Å². The van der Waals surface area contributed by atoms with E-state index in [1.807, 2.05) is 4.57 Å². The summed E-state index contributed by atoms with van der Waals surface area (Å²) in [5, 5.41) is 8.31. The molecule has 4 rings (SSSR count). The average molecular weight is 486 g/mol. The summed E-state index contributed by atoms with van der Waals surface area (Å²) in [6.07, 6.45) is 4.10. The van der Waals surface area contributed by atoms with Crippen LogP contribution in [0.4, 0.5) is 0 Å². The molecule has 0 N–H and O–H groups in total. The van der Waals surface area contributed by atoms with E-state index in [0.717, 1.165) is 12.8 Å². The third kappa shape index (κ3) is 5.12. The first kappa shape index (κ1) is 23.5.